The zero-order valence-electron chi connectivity index (χ0n) is 26.9. The molecule has 0 unspecified atom stereocenters. The number of hydrogen-bond acceptors (Lipinski definition) is 10. The van der Waals surface area contributed by atoms with E-state index in [4.69, 9.17) is 21.3 Å². The smallest absolute Gasteiger partial charge is 0.247 e. The molecule has 4 N–H and O–H groups in total. The standard InChI is InChI=1S/C32H39ClFN9O3/c1-9-29(44)37-25-14-26(28(46-8)15-27(25)42(6)11-10-41(4)5)39-31-35-17-20(19-16-36-43(7)18-19)30(40-31)38-24-13-23(34)22(33)12-21(24)32(2,3)45/h9,12-18,45H,1,10-11H2,2-8H3,(H,37,44)(H2,35,38,39,40). The molecule has 0 aliphatic heterocycles. The van der Waals surface area contributed by atoms with Crippen molar-refractivity contribution in [2.75, 3.05) is 62.2 Å². The zero-order chi connectivity index (χ0) is 33.8. The Bertz CT molecular complexity index is 1740. The van der Waals surface area contributed by atoms with Gasteiger partial charge in [-0.25, -0.2) is 9.37 Å². The minimum Gasteiger partial charge on any atom is -0.494 e. The molecule has 0 atom stereocenters. The Kier molecular flexibility index (Phi) is 10.5. The number of nitrogens with one attached hydrogen (secondary N) is 3. The second-order valence-corrected chi connectivity index (χ2v) is 11.9. The van der Waals surface area contributed by atoms with Crippen molar-refractivity contribution in [2.45, 2.75) is 19.4 Å². The lowest BCUT2D eigenvalue weighted by molar-refractivity contribution is -0.111. The molecule has 0 saturated carbocycles. The summed E-state index contributed by atoms with van der Waals surface area (Å²) in [5.41, 5.74) is 2.27. The van der Waals surface area contributed by atoms with E-state index in [1.54, 1.807) is 57.3 Å². The van der Waals surface area contributed by atoms with Crippen LogP contribution in [0.1, 0.15) is 19.4 Å². The Balaban J connectivity index is 1.81. The van der Waals surface area contributed by atoms with Gasteiger partial charge in [-0.3, -0.25) is 9.48 Å². The van der Waals surface area contributed by atoms with Crippen LogP contribution in [0.4, 0.5) is 38.9 Å². The van der Waals surface area contributed by atoms with Crippen LogP contribution in [0.25, 0.3) is 11.1 Å². The normalized spacial score (nSPS) is 11.4. The number of halogens is 2. The van der Waals surface area contributed by atoms with Crippen molar-refractivity contribution in [2.24, 2.45) is 7.05 Å². The van der Waals surface area contributed by atoms with Crippen molar-refractivity contribution < 1.29 is 19.0 Å². The van der Waals surface area contributed by atoms with Gasteiger partial charge < -0.3 is 35.6 Å². The van der Waals surface area contributed by atoms with E-state index >= 15 is 0 Å². The number of hydrogen-bond donors (Lipinski definition) is 4. The average molecular weight is 652 g/mol. The highest BCUT2D eigenvalue weighted by molar-refractivity contribution is 6.31. The Morgan fingerprint density at radius 1 is 1.13 bits per heavy atom. The lowest BCUT2D eigenvalue weighted by Gasteiger charge is -2.26. The third-order valence-electron chi connectivity index (χ3n) is 7.08. The van der Waals surface area contributed by atoms with Crippen molar-refractivity contribution in [1.82, 2.24) is 24.6 Å². The van der Waals surface area contributed by atoms with Gasteiger partial charge in [0.25, 0.3) is 0 Å². The maximum atomic E-state index is 14.7. The average Bonchev–Trinajstić information content (AvgIpc) is 3.43. The molecule has 244 valence electrons. The van der Waals surface area contributed by atoms with Crippen molar-refractivity contribution in [1.29, 1.82) is 0 Å². The molecule has 1 amide bonds. The number of aliphatic hydroxyl groups is 1. The third-order valence-corrected chi connectivity index (χ3v) is 7.37. The number of ether oxygens (including phenoxy) is 1. The largest absolute Gasteiger partial charge is 0.494 e. The van der Waals surface area contributed by atoms with E-state index in [2.05, 4.69) is 37.5 Å². The lowest BCUT2D eigenvalue weighted by atomic mass is 9.96. The number of anilines is 6. The zero-order valence-corrected chi connectivity index (χ0v) is 27.7. The summed E-state index contributed by atoms with van der Waals surface area (Å²) in [6.07, 6.45) is 6.24. The summed E-state index contributed by atoms with van der Waals surface area (Å²) in [5, 5.41) is 24.2. The number of aromatic nitrogens is 4. The summed E-state index contributed by atoms with van der Waals surface area (Å²) in [7, 11) is 9.22. The summed E-state index contributed by atoms with van der Waals surface area (Å²) >= 11 is 6.08. The topological polar surface area (TPSA) is 133 Å². The highest BCUT2D eigenvalue weighted by atomic mass is 35.5. The van der Waals surface area contributed by atoms with Crippen LogP contribution >= 0.6 is 11.6 Å². The number of amides is 1. The van der Waals surface area contributed by atoms with Crippen LogP contribution in [0.15, 0.2) is 55.5 Å². The molecule has 0 spiro atoms. The molecule has 0 radical (unpaired) electrons. The van der Waals surface area contributed by atoms with Crippen LogP contribution in [-0.4, -0.2) is 77.0 Å². The quantitative estimate of drug-likeness (QED) is 0.137. The van der Waals surface area contributed by atoms with Crippen LogP contribution in [-0.2, 0) is 17.4 Å². The van der Waals surface area contributed by atoms with Crippen molar-refractivity contribution in [3.8, 4) is 16.9 Å². The minimum atomic E-state index is -1.36. The van der Waals surface area contributed by atoms with Gasteiger partial charge in [-0.1, -0.05) is 18.2 Å². The molecule has 0 aliphatic rings. The molecule has 4 aromatic rings. The van der Waals surface area contributed by atoms with Crippen LogP contribution in [0.2, 0.25) is 5.02 Å². The van der Waals surface area contributed by atoms with E-state index in [0.29, 0.717) is 46.2 Å². The number of carbonyl (C=O) groups is 1. The number of nitrogens with zero attached hydrogens (tertiary/aromatic N) is 6. The number of benzene rings is 2. The molecular weight excluding hydrogens is 613 g/mol. The van der Waals surface area contributed by atoms with Crippen molar-refractivity contribution in [3.63, 3.8) is 0 Å². The van der Waals surface area contributed by atoms with E-state index in [0.717, 1.165) is 12.2 Å². The molecule has 2 aromatic heterocycles. The van der Waals surface area contributed by atoms with Crippen molar-refractivity contribution >= 4 is 52.0 Å². The molecule has 46 heavy (non-hydrogen) atoms. The second-order valence-electron chi connectivity index (χ2n) is 11.5. The first-order chi connectivity index (χ1) is 21.7. The Morgan fingerprint density at radius 3 is 2.48 bits per heavy atom. The second kappa shape index (κ2) is 14.1. The van der Waals surface area contributed by atoms with Crippen LogP contribution < -0.4 is 25.6 Å². The van der Waals surface area contributed by atoms with Crippen LogP contribution in [0.5, 0.6) is 5.75 Å². The summed E-state index contributed by atoms with van der Waals surface area (Å²) in [6, 6.07) is 6.13. The van der Waals surface area contributed by atoms with Gasteiger partial charge in [-0.2, -0.15) is 10.1 Å². The predicted molar refractivity (Wildman–Crippen MR) is 181 cm³/mol. The summed E-state index contributed by atoms with van der Waals surface area (Å²) in [5.74, 6) is -0.0946. The fourth-order valence-electron chi connectivity index (χ4n) is 4.62. The Morgan fingerprint density at radius 2 is 1.87 bits per heavy atom. The van der Waals surface area contributed by atoms with Gasteiger partial charge in [-0.05, 0) is 52.2 Å². The minimum absolute atomic E-state index is 0.123. The van der Waals surface area contributed by atoms with Gasteiger partial charge in [0.1, 0.15) is 17.4 Å². The van der Waals surface area contributed by atoms with Crippen LogP contribution in [0.3, 0.4) is 0 Å². The summed E-state index contributed by atoms with van der Waals surface area (Å²) < 4.78 is 22.0. The maximum absolute atomic E-state index is 14.7. The van der Waals surface area contributed by atoms with E-state index in [1.807, 2.05) is 32.1 Å². The molecule has 0 aliphatic carbocycles. The van der Waals surface area contributed by atoms with E-state index in [1.165, 1.54) is 18.2 Å². The molecule has 4 rings (SSSR count). The molecular formula is C32H39ClFN9O3. The monoisotopic (exact) mass is 651 g/mol. The third kappa shape index (κ3) is 8.10. The van der Waals surface area contributed by atoms with E-state index < -0.39 is 11.4 Å². The van der Waals surface area contributed by atoms with E-state index in [-0.39, 0.29) is 22.6 Å². The molecule has 0 bridgehead atoms. The van der Waals surface area contributed by atoms with Gasteiger partial charge in [0.05, 0.1) is 41.0 Å². The lowest BCUT2D eigenvalue weighted by Crippen LogP contribution is -2.29. The molecule has 0 fully saturated rings. The molecule has 14 heteroatoms. The number of carbonyl (C=O) groups excluding carboxylic acids is 1. The Hall–Kier alpha value is -4.72. The predicted octanol–water partition coefficient (Wildman–Crippen LogP) is 5.52. The first-order valence-electron chi connectivity index (χ1n) is 14.3. The fourth-order valence-corrected chi connectivity index (χ4v) is 4.78. The molecule has 12 nitrogen and oxygen atoms in total. The SMILES string of the molecule is C=CC(=O)Nc1cc(Nc2ncc(-c3cnn(C)c3)c(Nc3cc(F)c(Cl)cc3C(C)(C)O)n2)c(OC)cc1N(C)CCN(C)C. The number of methoxy groups -OCH3 is 1. The van der Waals surface area contributed by atoms with Crippen molar-refractivity contribution in [3.05, 3.63) is 71.9 Å². The summed E-state index contributed by atoms with van der Waals surface area (Å²) in [4.78, 5) is 25.7. The van der Waals surface area contributed by atoms with Gasteiger partial charge >= 0.3 is 0 Å². The van der Waals surface area contributed by atoms with Gasteiger partial charge in [0.2, 0.25) is 11.9 Å². The number of likely N-dealkylation sites (N-methyl/N-ethyl adjacent to an activating group) is 2. The summed E-state index contributed by atoms with van der Waals surface area (Å²) in [6.45, 7) is 8.20. The Labute approximate surface area is 272 Å². The van der Waals surface area contributed by atoms with Crippen LogP contribution in [0, 0.1) is 5.82 Å². The first-order valence-corrected chi connectivity index (χ1v) is 14.7. The highest BCUT2D eigenvalue weighted by Crippen LogP contribution is 2.39. The number of rotatable bonds is 13. The van der Waals surface area contributed by atoms with Gasteiger partial charge in [-0.15, -0.1) is 0 Å². The first kappa shape index (κ1) is 34.2. The molecule has 2 aromatic carbocycles. The fraction of sp³-hybridized carbons (Fsp3) is 0.312. The molecule has 2 heterocycles. The number of aryl methyl sites for hydroxylation is 1. The maximum Gasteiger partial charge on any atom is 0.247 e. The van der Waals surface area contributed by atoms with Gasteiger partial charge in [0, 0.05) is 68.0 Å². The van der Waals surface area contributed by atoms with Gasteiger partial charge in [0.15, 0.2) is 0 Å². The molecule has 0 saturated heterocycles. The highest BCUT2D eigenvalue weighted by Gasteiger charge is 2.24. The van der Waals surface area contributed by atoms with E-state index in [9.17, 15) is 14.3 Å².